The third-order valence-corrected chi connectivity index (χ3v) is 2.87. The minimum absolute atomic E-state index is 0.0691. The lowest BCUT2D eigenvalue weighted by atomic mass is 10.1. The normalized spacial score (nSPS) is 13.2. The van der Waals surface area contributed by atoms with Crippen LogP contribution in [0.4, 0.5) is 8.78 Å². The first kappa shape index (κ1) is 12.0. The SMILES string of the molecule is CC(CCCN)c1nc2c(F)c(F)ccc2[nH]1. The first-order valence-corrected chi connectivity index (χ1v) is 5.67. The van der Waals surface area contributed by atoms with E-state index in [1.807, 2.05) is 6.92 Å². The molecule has 1 aromatic carbocycles. The summed E-state index contributed by atoms with van der Waals surface area (Å²) >= 11 is 0. The first-order valence-electron chi connectivity index (χ1n) is 5.67. The summed E-state index contributed by atoms with van der Waals surface area (Å²) in [6.07, 6.45) is 1.76. The number of nitrogens with one attached hydrogen (secondary N) is 1. The maximum Gasteiger partial charge on any atom is 0.186 e. The Balaban J connectivity index is 2.34. The van der Waals surface area contributed by atoms with E-state index in [9.17, 15) is 8.78 Å². The third kappa shape index (κ3) is 2.29. The van der Waals surface area contributed by atoms with E-state index in [1.54, 1.807) is 0 Å². The highest BCUT2D eigenvalue weighted by Crippen LogP contribution is 2.23. The largest absolute Gasteiger partial charge is 0.342 e. The molecule has 1 unspecified atom stereocenters. The molecule has 0 amide bonds. The van der Waals surface area contributed by atoms with Crippen LogP contribution in [0.15, 0.2) is 12.1 Å². The monoisotopic (exact) mass is 239 g/mol. The maximum absolute atomic E-state index is 13.4. The van der Waals surface area contributed by atoms with Crippen LogP contribution >= 0.6 is 0 Å². The number of aromatic nitrogens is 2. The molecule has 2 aromatic rings. The summed E-state index contributed by atoms with van der Waals surface area (Å²) in [7, 11) is 0. The molecule has 92 valence electrons. The van der Waals surface area contributed by atoms with Crippen molar-refractivity contribution in [2.24, 2.45) is 5.73 Å². The van der Waals surface area contributed by atoms with Crippen molar-refractivity contribution < 1.29 is 8.78 Å². The molecule has 3 nitrogen and oxygen atoms in total. The van der Waals surface area contributed by atoms with E-state index < -0.39 is 11.6 Å². The molecule has 0 bridgehead atoms. The Morgan fingerprint density at radius 3 is 2.88 bits per heavy atom. The maximum atomic E-state index is 13.4. The summed E-state index contributed by atoms with van der Waals surface area (Å²) in [5.74, 6) is -0.924. The molecule has 0 aliphatic carbocycles. The van der Waals surface area contributed by atoms with Gasteiger partial charge in [0, 0.05) is 5.92 Å². The van der Waals surface area contributed by atoms with Crippen molar-refractivity contribution in [2.75, 3.05) is 6.54 Å². The molecule has 2 rings (SSSR count). The van der Waals surface area contributed by atoms with Crippen molar-refractivity contribution in [3.05, 3.63) is 29.6 Å². The van der Waals surface area contributed by atoms with E-state index in [2.05, 4.69) is 9.97 Å². The molecule has 0 spiro atoms. The van der Waals surface area contributed by atoms with Crippen LogP contribution in [-0.2, 0) is 0 Å². The zero-order valence-electron chi connectivity index (χ0n) is 9.63. The van der Waals surface area contributed by atoms with Gasteiger partial charge in [-0.25, -0.2) is 13.8 Å². The zero-order chi connectivity index (χ0) is 12.4. The minimum Gasteiger partial charge on any atom is -0.342 e. The standard InChI is InChI=1S/C12H15F2N3/c1-7(3-2-6-15)12-16-9-5-4-8(13)10(14)11(9)17-12/h4-5,7H,2-3,6,15H2,1H3,(H,16,17). The number of fused-ring (bicyclic) bond motifs is 1. The quantitative estimate of drug-likeness (QED) is 0.861. The fraction of sp³-hybridized carbons (Fsp3) is 0.417. The molecule has 5 heteroatoms. The number of imidazole rings is 1. The van der Waals surface area contributed by atoms with Gasteiger partial charge < -0.3 is 10.7 Å². The number of halogens is 2. The summed E-state index contributed by atoms with van der Waals surface area (Å²) in [5, 5.41) is 0. The number of H-pyrrole nitrogens is 1. The zero-order valence-corrected chi connectivity index (χ0v) is 9.63. The predicted octanol–water partition coefficient (Wildman–Crippen LogP) is 2.68. The van der Waals surface area contributed by atoms with Crippen LogP contribution in [0.5, 0.6) is 0 Å². The van der Waals surface area contributed by atoms with Crippen molar-refractivity contribution in [2.45, 2.75) is 25.7 Å². The van der Waals surface area contributed by atoms with Gasteiger partial charge in [0.05, 0.1) is 5.52 Å². The third-order valence-electron chi connectivity index (χ3n) is 2.87. The van der Waals surface area contributed by atoms with Gasteiger partial charge in [0.1, 0.15) is 11.3 Å². The lowest BCUT2D eigenvalue weighted by Crippen LogP contribution is -2.03. The lowest BCUT2D eigenvalue weighted by molar-refractivity contribution is 0.515. The van der Waals surface area contributed by atoms with Gasteiger partial charge in [0.25, 0.3) is 0 Å². The van der Waals surface area contributed by atoms with E-state index in [-0.39, 0.29) is 11.4 Å². The fourth-order valence-corrected chi connectivity index (χ4v) is 1.83. The topological polar surface area (TPSA) is 54.7 Å². The highest BCUT2D eigenvalue weighted by atomic mass is 19.2. The minimum atomic E-state index is -0.893. The van der Waals surface area contributed by atoms with Gasteiger partial charge in [-0.3, -0.25) is 0 Å². The van der Waals surface area contributed by atoms with Gasteiger partial charge in [0.2, 0.25) is 0 Å². The molecule has 1 aromatic heterocycles. The first-order chi connectivity index (χ1) is 8.13. The van der Waals surface area contributed by atoms with Crippen LogP contribution in [0.2, 0.25) is 0 Å². The van der Waals surface area contributed by atoms with Gasteiger partial charge in [-0.1, -0.05) is 6.92 Å². The van der Waals surface area contributed by atoms with Crippen LogP contribution in [0.3, 0.4) is 0 Å². The Hall–Kier alpha value is -1.49. The number of hydrogen-bond acceptors (Lipinski definition) is 2. The molecule has 1 atom stereocenters. The van der Waals surface area contributed by atoms with Crippen LogP contribution in [0, 0.1) is 11.6 Å². The summed E-state index contributed by atoms with van der Waals surface area (Å²) in [5.41, 5.74) is 6.03. The molecule has 0 aliphatic heterocycles. The molecular weight excluding hydrogens is 224 g/mol. The molecular formula is C12H15F2N3. The second-order valence-corrected chi connectivity index (χ2v) is 4.21. The molecule has 0 aliphatic rings. The molecule has 0 saturated heterocycles. The van der Waals surface area contributed by atoms with E-state index in [1.165, 1.54) is 6.07 Å². The molecule has 17 heavy (non-hydrogen) atoms. The summed E-state index contributed by atoms with van der Waals surface area (Å²) in [6, 6.07) is 2.60. The smallest absolute Gasteiger partial charge is 0.186 e. The lowest BCUT2D eigenvalue weighted by Gasteiger charge is -2.06. The number of nitrogens with two attached hydrogens (primary N) is 1. The fourth-order valence-electron chi connectivity index (χ4n) is 1.83. The number of hydrogen-bond donors (Lipinski definition) is 2. The predicted molar refractivity (Wildman–Crippen MR) is 62.7 cm³/mol. The number of nitrogens with zero attached hydrogens (tertiary/aromatic N) is 1. The van der Waals surface area contributed by atoms with Crippen molar-refractivity contribution >= 4 is 11.0 Å². The Morgan fingerprint density at radius 1 is 1.41 bits per heavy atom. The van der Waals surface area contributed by atoms with E-state index >= 15 is 0 Å². The van der Waals surface area contributed by atoms with E-state index in [4.69, 9.17) is 5.73 Å². The van der Waals surface area contributed by atoms with Crippen LogP contribution in [-0.4, -0.2) is 16.5 Å². The Labute approximate surface area is 98.0 Å². The van der Waals surface area contributed by atoms with Gasteiger partial charge in [-0.05, 0) is 31.5 Å². The molecule has 3 N–H and O–H groups in total. The van der Waals surface area contributed by atoms with Crippen molar-refractivity contribution in [3.63, 3.8) is 0 Å². The van der Waals surface area contributed by atoms with E-state index in [0.717, 1.165) is 18.9 Å². The highest BCUT2D eigenvalue weighted by molar-refractivity contribution is 5.75. The summed E-state index contributed by atoms with van der Waals surface area (Å²) < 4.78 is 26.5. The summed E-state index contributed by atoms with van der Waals surface area (Å²) in [6.45, 7) is 2.61. The van der Waals surface area contributed by atoms with Crippen molar-refractivity contribution in [1.82, 2.24) is 9.97 Å². The molecule has 0 saturated carbocycles. The molecule has 0 fully saturated rings. The van der Waals surface area contributed by atoms with Crippen molar-refractivity contribution in [3.8, 4) is 0 Å². The summed E-state index contributed by atoms with van der Waals surface area (Å²) in [4.78, 5) is 7.13. The van der Waals surface area contributed by atoms with Gasteiger partial charge in [0.15, 0.2) is 11.6 Å². The second kappa shape index (κ2) is 4.79. The van der Waals surface area contributed by atoms with E-state index in [0.29, 0.717) is 17.9 Å². The van der Waals surface area contributed by atoms with Gasteiger partial charge in [-0.2, -0.15) is 0 Å². The average molecular weight is 239 g/mol. The Bertz CT molecular complexity index is 522. The number of rotatable bonds is 4. The van der Waals surface area contributed by atoms with Crippen molar-refractivity contribution in [1.29, 1.82) is 0 Å². The Kier molecular flexibility index (Phi) is 3.38. The highest BCUT2D eigenvalue weighted by Gasteiger charge is 2.15. The molecule has 1 heterocycles. The van der Waals surface area contributed by atoms with Gasteiger partial charge >= 0.3 is 0 Å². The number of benzene rings is 1. The van der Waals surface area contributed by atoms with Gasteiger partial charge in [-0.15, -0.1) is 0 Å². The van der Waals surface area contributed by atoms with Crippen LogP contribution < -0.4 is 5.73 Å². The molecule has 0 radical (unpaired) electrons. The average Bonchev–Trinajstić information content (AvgIpc) is 2.75. The van der Waals surface area contributed by atoms with Crippen LogP contribution in [0.1, 0.15) is 31.5 Å². The number of aromatic amines is 1. The Morgan fingerprint density at radius 2 is 2.18 bits per heavy atom. The van der Waals surface area contributed by atoms with Crippen LogP contribution in [0.25, 0.3) is 11.0 Å². The second-order valence-electron chi connectivity index (χ2n) is 4.21.